The number of methoxy groups -OCH3 is 2. The monoisotopic (exact) mass is 800 g/mol. The zero-order chi connectivity index (χ0) is 41.0. The molecule has 0 bridgehead atoms. The Balaban J connectivity index is 0.000000179. The van der Waals surface area contributed by atoms with Gasteiger partial charge in [-0.15, -0.1) is 0 Å². The first kappa shape index (κ1) is 41.7. The minimum Gasteiger partial charge on any atom is -0.497 e. The van der Waals surface area contributed by atoms with E-state index in [0.29, 0.717) is 5.56 Å². The number of ether oxygens (including phenoxy) is 2. The van der Waals surface area contributed by atoms with Gasteiger partial charge in [-0.3, -0.25) is 9.80 Å². The summed E-state index contributed by atoms with van der Waals surface area (Å²) < 4.78 is 10.5. The highest BCUT2D eigenvalue weighted by Crippen LogP contribution is 2.25. The highest BCUT2D eigenvalue weighted by Gasteiger charge is 2.19. The van der Waals surface area contributed by atoms with E-state index in [0.717, 1.165) is 118 Å². The summed E-state index contributed by atoms with van der Waals surface area (Å²) in [4.78, 5) is 27.9. The highest BCUT2D eigenvalue weighted by atomic mass is 16.5. The molecular formula is C48H60N6O5. The maximum absolute atomic E-state index is 11.2. The minimum absolute atomic E-state index is 0.100. The Bertz CT molecular complexity index is 2220. The second-order valence-corrected chi connectivity index (χ2v) is 15.7. The molecule has 2 aromatic heterocycles. The molecule has 11 heteroatoms. The van der Waals surface area contributed by atoms with Crippen LogP contribution in [0.4, 0.5) is 11.4 Å². The van der Waals surface area contributed by atoms with Crippen molar-refractivity contribution in [2.75, 3.05) is 89.5 Å². The van der Waals surface area contributed by atoms with Crippen LogP contribution in [0.1, 0.15) is 52.7 Å². The first-order valence-corrected chi connectivity index (χ1v) is 21.2. The molecule has 2 fully saturated rings. The van der Waals surface area contributed by atoms with Crippen LogP contribution >= 0.6 is 0 Å². The molecule has 6 aromatic rings. The van der Waals surface area contributed by atoms with Gasteiger partial charge in [0.25, 0.3) is 0 Å². The van der Waals surface area contributed by atoms with Crippen molar-refractivity contribution in [3.05, 3.63) is 120 Å². The first-order valence-electron chi connectivity index (χ1n) is 21.2. The summed E-state index contributed by atoms with van der Waals surface area (Å²) in [5, 5.41) is 20.9. The maximum atomic E-state index is 11.2. The number of anilines is 2. The number of aromatic nitrogens is 2. The van der Waals surface area contributed by atoms with Gasteiger partial charge in [0.1, 0.15) is 11.5 Å². The van der Waals surface area contributed by atoms with Crippen LogP contribution in [0, 0.1) is 0 Å². The van der Waals surface area contributed by atoms with Crippen molar-refractivity contribution < 1.29 is 24.5 Å². The summed E-state index contributed by atoms with van der Waals surface area (Å²) in [7, 11) is 3.40. The zero-order valence-corrected chi connectivity index (χ0v) is 34.7. The molecule has 8 rings (SSSR count). The number of carbonyl (C=O) groups is 1. The number of benzene rings is 4. The number of nitrogens with one attached hydrogen (secondary N) is 2. The predicted octanol–water partition coefficient (Wildman–Crippen LogP) is 7.83. The fraction of sp³-hybridized carbons (Fsp3) is 0.396. The van der Waals surface area contributed by atoms with Crippen LogP contribution in [-0.2, 0) is 19.4 Å². The summed E-state index contributed by atoms with van der Waals surface area (Å²) in [5.41, 5.74) is 8.60. The normalized spacial score (nSPS) is 15.0. The molecule has 0 amide bonds. The number of carboxylic acids is 1. The number of piperazine rings is 2. The molecule has 0 atom stereocenters. The van der Waals surface area contributed by atoms with Crippen LogP contribution in [0.3, 0.4) is 0 Å². The van der Waals surface area contributed by atoms with E-state index in [1.807, 2.05) is 42.6 Å². The van der Waals surface area contributed by atoms with Crippen molar-refractivity contribution in [3.63, 3.8) is 0 Å². The van der Waals surface area contributed by atoms with Gasteiger partial charge in [-0.25, -0.2) is 4.79 Å². The lowest BCUT2D eigenvalue weighted by molar-refractivity contribution is 0.0697. The molecule has 2 saturated heterocycles. The van der Waals surface area contributed by atoms with Crippen LogP contribution < -0.4 is 19.3 Å². The lowest BCUT2D eigenvalue weighted by Gasteiger charge is -2.36. The molecule has 59 heavy (non-hydrogen) atoms. The van der Waals surface area contributed by atoms with Gasteiger partial charge >= 0.3 is 5.97 Å². The van der Waals surface area contributed by atoms with E-state index in [-0.39, 0.29) is 6.61 Å². The first-order chi connectivity index (χ1) is 28.9. The summed E-state index contributed by atoms with van der Waals surface area (Å²) in [6.45, 7) is 11.1. The van der Waals surface area contributed by atoms with E-state index in [2.05, 4.69) is 72.2 Å². The van der Waals surface area contributed by atoms with Crippen LogP contribution in [0.15, 0.2) is 97.3 Å². The summed E-state index contributed by atoms with van der Waals surface area (Å²) >= 11 is 0. The Hall–Kier alpha value is -5.49. The van der Waals surface area contributed by atoms with E-state index in [4.69, 9.17) is 9.47 Å². The number of aliphatic hydroxyl groups is 1. The number of fused-ring (bicyclic) bond motifs is 2. The van der Waals surface area contributed by atoms with Crippen molar-refractivity contribution in [3.8, 4) is 11.5 Å². The number of aryl methyl sites for hydroxylation is 2. The molecule has 0 spiro atoms. The smallest absolute Gasteiger partial charge is 0.335 e. The van der Waals surface area contributed by atoms with Crippen LogP contribution in [-0.4, -0.2) is 116 Å². The molecular weight excluding hydrogens is 741 g/mol. The average molecular weight is 801 g/mol. The lowest BCUT2D eigenvalue weighted by Crippen LogP contribution is -2.46. The fourth-order valence-electron chi connectivity index (χ4n) is 8.40. The molecule has 0 saturated carbocycles. The fourth-order valence-corrected chi connectivity index (χ4v) is 8.40. The van der Waals surface area contributed by atoms with Gasteiger partial charge < -0.3 is 39.5 Å². The van der Waals surface area contributed by atoms with Gasteiger partial charge in [0, 0.05) is 97.9 Å². The van der Waals surface area contributed by atoms with Crippen molar-refractivity contribution in [2.24, 2.45) is 0 Å². The molecule has 0 aliphatic carbocycles. The van der Waals surface area contributed by atoms with Gasteiger partial charge in [0.2, 0.25) is 0 Å². The minimum atomic E-state index is -0.877. The van der Waals surface area contributed by atoms with Crippen LogP contribution in [0.2, 0.25) is 0 Å². The van der Waals surface area contributed by atoms with Crippen molar-refractivity contribution >= 4 is 39.1 Å². The topological polar surface area (TPSA) is 121 Å². The van der Waals surface area contributed by atoms with E-state index < -0.39 is 5.97 Å². The number of hydrogen-bond donors (Lipinski definition) is 4. The number of nitrogens with zero attached hydrogens (tertiary/aromatic N) is 4. The highest BCUT2D eigenvalue weighted by molar-refractivity contribution is 5.94. The molecule has 4 aromatic carbocycles. The number of carboxylic acid groups (broad SMARTS) is 1. The summed E-state index contributed by atoms with van der Waals surface area (Å²) in [6.07, 6.45) is 10.8. The van der Waals surface area contributed by atoms with E-state index in [1.54, 1.807) is 26.4 Å². The third-order valence-electron chi connectivity index (χ3n) is 12.0. The van der Waals surface area contributed by atoms with Crippen LogP contribution in [0.5, 0.6) is 11.5 Å². The molecule has 11 nitrogen and oxygen atoms in total. The largest absolute Gasteiger partial charge is 0.497 e. The number of aromatic amines is 2. The third-order valence-corrected chi connectivity index (χ3v) is 12.0. The SMILES string of the molecule is COc1ccc(N2CCN(CCCCc3c[nH]c4ccc(C(=O)O)cc34)CC2)cc1.COc1ccc(N2CCN(CCCCc3c[nH]c4ccc(CO)cc34)CC2)cc1. The average Bonchev–Trinajstić information content (AvgIpc) is 3.90. The number of aromatic carboxylic acids is 1. The molecule has 4 heterocycles. The zero-order valence-electron chi connectivity index (χ0n) is 34.7. The molecule has 2 aliphatic heterocycles. The van der Waals surface area contributed by atoms with Crippen molar-refractivity contribution in [2.45, 2.75) is 45.1 Å². The quantitative estimate of drug-likeness (QED) is 0.0727. The number of H-pyrrole nitrogens is 2. The Morgan fingerprint density at radius 2 is 1.05 bits per heavy atom. The van der Waals surface area contributed by atoms with Gasteiger partial charge in [0.05, 0.1) is 26.4 Å². The Morgan fingerprint density at radius 1 is 0.593 bits per heavy atom. The molecule has 312 valence electrons. The number of hydrogen-bond acceptors (Lipinski definition) is 8. The van der Waals surface area contributed by atoms with Crippen LogP contribution in [0.25, 0.3) is 21.8 Å². The van der Waals surface area contributed by atoms with E-state index in [9.17, 15) is 15.0 Å². The second-order valence-electron chi connectivity index (χ2n) is 15.7. The molecule has 0 unspecified atom stereocenters. The predicted molar refractivity (Wildman–Crippen MR) is 239 cm³/mol. The van der Waals surface area contributed by atoms with Gasteiger partial charge in [0.15, 0.2) is 0 Å². The van der Waals surface area contributed by atoms with Crippen molar-refractivity contribution in [1.82, 2.24) is 19.8 Å². The number of unbranched alkanes of at least 4 members (excludes halogenated alkanes) is 2. The third kappa shape index (κ3) is 11.0. The molecule has 2 aliphatic rings. The number of aliphatic hydroxyl groups excluding tert-OH is 1. The number of rotatable bonds is 16. The maximum Gasteiger partial charge on any atom is 0.335 e. The Labute approximate surface area is 348 Å². The van der Waals surface area contributed by atoms with E-state index >= 15 is 0 Å². The van der Waals surface area contributed by atoms with Gasteiger partial charge in [-0.05, 0) is 147 Å². The van der Waals surface area contributed by atoms with Gasteiger partial charge in [-0.2, -0.15) is 0 Å². The Morgan fingerprint density at radius 3 is 1.49 bits per heavy atom. The second kappa shape index (κ2) is 20.5. The standard InChI is InChI=1S/C24H29N3O3.C24H31N3O2/c1-30-21-8-6-20(7-9-21)27-14-12-26(13-15-27)11-3-2-4-19-17-25-23-10-5-18(24(28)29)16-22(19)23;1-29-22-8-6-21(7-9-22)27-14-12-26(13-15-27)11-3-2-4-20-17-25-24-10-5-19(18-28)16-23(20)24/h5-10,16-17,25H,2-4,11-15H2,1H3,(H,28,29);5-10,16-17,25,28H,2-4,11-15,18H2,1H3. The Kier molecular flexibility index (Phi) is 14.5. The molecule has 4 N–H and O–H groups in total. The van der Waals surface area contributed by atoms with E-state index in [1.165, 1.54) is 47.3 Å². The summed E-state index contributed by atoms with van der Waals surface area (Å²) in [5.74, 6) is 0.930. The lowest BCUT2D eigenvalue weighted by atomic mass is 10.0. The van der Waals surface area contributed by atoms with Crippen molar-refractivity contribution in [1.29, 1.82) is 0 Å². The summed E-state index contributed by atoms with van der Waals surface area (Å²) in [6, 6.07) is 28.1. The molecule has 0 radical (unpaired) electrons. The van der Waals surface area contributed by atoms with Gasteiger partial charge in [-0.1, -0.05) is 6.07 Å².